The van der Waals surface area contributed by atoms with Gasteiger partial charge in [0.1, 0.15) is 6.29 Å². The van der Waals surface area contributed by atoms with Crippen LogP contribution in [0.3, 0.4) is 0 Å². The summed E-state index contributed by atoms with van der Waals surface area (Å²) in [6.45, 7) is 2.12. The molecule has 0 aromatic heterocycles. The van der Waals surface area contributed by atoms with E-state index < -0.39 is 23.8 Å². The number of amides is 3. The fourth-order valence-electron chi connectivity index (χ4n) is 3.78. The van der Waals surface area contributed by atoms with E-state index in [4.69, 9.17) is 0 Å². The van der Waals surface area contributed by atoms with Gasteiger partial charge in [-0.05, 0) is 43.5 Å². The largest absolute Gasteiger partial charge is 0.478 e. The first kappa shape index (κ1) is 23.6. The fraction of sp³-hybridized carbons (Fsp3) is 0.292. The van der Waals surface area contributed by atoms with Gasteiger partial charge in [-0.3, -0.25) is 14.4 Å². The molecule has 3 amide bonds. The molecular formula is C24H25N3O6. The average Bonchev–Trinajstić information content (AvgIpc) is 3.24. The van der Waals surface area contributed by atoms with E-state index in [1.54, 1.807) is 12.1 Å². The van der Waals surface area contributed by atoms with Crippen LogP contribution in [0.1, 0.15) is 43.1 Å². The van der Waals surface area contributed by atoms with E-state index >= 15 is 0 Å². The highest BCUT2D eigenvalue weighted by Crippen LogP contribution is 2.22. The van der Waals surface area contributed by atoms with Crippen molar-refractivity contribution in [1.29, 1.82) is 0 Å². The van der Waals surface area contributed by atoms with E-state index in [0.29, 0.717) is 24.8 Å². The van der Waals surface area contributed by atoms with Crippen LogP contribution in [0, 0.1) is 12.8 Å². The van der Waals surface area contributed by atoms with Crippen molar-refractivity contribution in [2.45, 2.75) is 19.4 Å². The second kappa shape index (κ2) is 10.5. The first-order valence-electron chi connectivity index (χ1n) is 10.5. The van der Waals surface area contributed by atoms with Crippen molar-refractivity contribution in [2.24, 2.45) is 5.92 Å². The third-order valence-electron chi connectivity index (χ3n) is 5.57. The quantitative estimate of drug-likeness (QED) is 0.518. The molecule has 172 valence electrons. The van der Waals surface area contributed by atoms with Crippen LogP contribution in [0.2, 0.25) is 0 Å². The molecule has 0 saturated carbocycles. The Balaban J connectivity index is 1.54. The van der Waals surface area contributed by atoms with E-state index in [9.17, 15) is 29.1 Å². The van der Waals surface area contributed by atoms with Crippen LogP contribution in [0.4, 0.5) is 0 Å². The Morgan fingerprint density at radius 3 is 2.30 bits per heavy atom. The number of hydrogen-bond acceptors (Lipinski definition) is 5. The Kier molecular flexibility index (Phi) is 7.55. The molecule has 1 heterocycles. The summed E-state index contributed by atoms with van der Waals surface area (Å²) < 4.78 is 0. The zero-order valence-corrected chi connectivity index (χ0v) is 18.1. The van der Waals surface area contributed by atoms with Gasteiger partial charge in [0.25, 0.3) is 11.8 Å². The molecule has 0 unspecified atom stereocenters. The van der Waals surface area contributed by atoms with E-state index in [2.05, 4.69) is 10.6 Å². The lowest BCUT2D eigenvalue weighted by Crippen LogP contribution is -2.43. The first-order chi connectivity index (χ1) is 15.8. The maximum atomic E-state index is 12.7. The number of carboxylic acids is 1. The molecule has 0 spiro atoms. The molecule has 0 radical (unpaired) electrons. The summed E-state index contributed by atoms with van der Waals surface area (Å²) >= 11 is 0. The van der Waals surface area contributed by atoms with Gasteiger partial charge in [0.2, 0.25) is 5.91 Å². The Morgan fingerprint density at radius 1 is 1.00 bits per heavy atom. The minimum atomic E-state index is -1.25. The monoisotopic (exact) mass is 451 g/mol. The normalized spacial score (nSPS) is 17.3. The SMILES string of the molecule is Cc1ccc(C(=O)NC[C@@H]2C[C@@H](C=O)N(C(=O)CNC(=O)c3ccccc3C(=O)O)C2)cc1. The number of carbonyl (C=O) groups excluding carboxylic acids is 4. The highest BCUT2D eigenvalue weighted by molar-refractivity contribution is 6.05. The Morgan fingerprint density at radius 2 is 1.67 bits per heavy atom. The minimum Gasteiger partial charge on any atom is -0.478 e. The molecule has 9 nitrogen and oxygen atoms in total. The summed E-state index contributed by atoms with van der Waals surface area (Å²) in [6.07, 6.45) is 1.08. The molecule has 2 aromatic rings. The van der Waals surface area contributed by atoms with Crippen LogP contribution in [0.25, 0.3) is 0 Å². The van der Waals surface area contributed by atoms with Crippen molar-refractivity contribution in [3.8, 4) is 0 Å². The molecule has 2 aromatic carbocycles. The predicted molar refractivity (Wildman–Crippen MR) is 119 cm³/mol. The van der Waals surface area contributed by atoms with Crippen molar-refractivity contribution in [1.82, 2.24) is 15.5 Å². The van der Waals surface area contributed by atoms with Crippen LogP contribution in [0.15, 0.2) is 48.5 Å². The summed E-state index contributed by atoms with van der Waals surface area (Å²) in [7, 11) is 0. The lowest BCUT2D eigenvalue weighted by molar-refractivity contribution is -0.133. The number of nitrogens with one attached hydrogen (secondary N) is 2. The van der Waals surface area contributed by atoms with Gasteiger partial charge >= 0.3 is 5.97 Å². The molecule has 0 bridgehead atoms. The summed E-state index contributed by atoms with van der Waals surface area (Å²) in [5.74, 6) is -2.73. The van der Waals surface area contributed by atoms with E-state index in [-0.39, 0.29) is 36.0 Å². The summed E-state index contributed by atoms with van der Waals surface area (Å²) in [5, 5.41) is 14.5. The summed E-state index contributed by atoms with van der Waals surface area (Å²) in [5.41, 5.74) is 1.35. The maximum absolute atomic E-state index is 12.7. The second-order valence-electron chi connectivity index (χ2n) is 7.96. The van der Waals surface area contributed by atoms with Crippen molar-refractivity contribution in [2.75, 3.05) is 19.6 Å². The first-order valence-corrected chi connectivity index (χ1v) is 10.5. The number of aryl methyl sites for hydroxylation is 1. The lowest BCUT2D eigenvalue weighted by Gasteiger charge is -2.21. The van der Waals surface area contributed by atoms with Gasteiger partial charge in [-0.15, -0.1) is 0 Å². The van der Waals surface area contributed by atoms with E-state index in [1.807, 2.05) is 19.1 Å². The second-order valence-corrected chi connectivity index (χ2v) is 7.96. The Bertz CT molecular complexity index is 1070. The molecule has 1 aliphatic rings. The number of benzene rings is 2. The zero-order valence-electron chi connectivity index (χ0n) is 18.1. The van der Waals surface area contributed by atoms with Crippen LogP contribution in [-0.2, 0) is 9.59 Å². The molecule has 1 aliphatic heterocycles. The van der Waals surface area contributed by atoms with E-state index in [0.717, 1.165) is 5.56 Å². The molecule has 0 aliphatic carbocycles. The fourth-order valence-corrected chi connectivity index (χ4v) is 3.78. The number of carboxylic acid groups (broad SMARTS) is 1. The van der Waals surface area contributed by atoms with Gasteiger partial charge in [-0.1, -0.05) is 29.8 Å². The van der Waals surface area contributed by atoms with Crippen molar-refractivity contribution in [3.63, 3.8) is 0 Å². The van der Waals surface area contributed by atoms with E-state index in [1.165, 1.54) is 29.2 Å². The molecular weight excluding hydrogens is 426 g/mol. The van der Waals surface area contributed by atoms with Gasteiger partial charge in [0.05, 0.1) is 23.7 Å². The van der Waals surface area contributed by atoms with Crippen LogP contribution < -0.4 is 10.6 Å². The smallest absolute Gasteiger partial charge is 0.336 e. The van der Waals surface area contributed by atoms with Crippen molar-refractivity contribution >= 4 is 30.0 Å². The highest BCUT2D eigenvalue weighted by Gasteiger charge is 2.35. The molecule has 3 N–H and O–H groups in total. The number of rotatable bonds is 8. The van der Waals surface area contributed by atoms with Gasteiger partial charge in [-0.2, -0.15) is 0 Å². The molecule has 2 atom stereocenters. The van der Waals surface area contributed by atoms with Crippen LogP contribution in [-0.4, -0.2) is 65.7 Å². The van der Waals surface area contributed by atoms with Gasteiger partial charge in [0.15, 0.2) is 0 Å². The third-order valence-corrected chi connectivity index (χ3v) is 5.57. The standard InChI is InChI=1S/C24H25N3O6/c1-15-6-8-17(9-7-15)22(30)25-11-16-10-18(14-28)27(13-16)21(29)12-26-23(31)19-4-2-3-5-20(19)24(32)33/h2-9,14,16,18H,10-13H2,1H3,(H,25,30)(H,26,31)(H,32,33)/t16-,18-/m0/s1. The van der Waals surface area contributed by atoms with Crippen LogP contribution >= 0.6 is 0 Å². The molecule has 1 fully saturated rings. The maximum Gasteiger partial charge on any atom is 0.336 e. The topological polar surface area (TPSA) is 133 Å². The zero-order chi connectivity index (χ0) is 24.0. The average molecular weight is 451 g/mol. The van der Waals surface area contributed by atoms with Crippen molar-refractivity contribution < 1.29 is 29.1 Å². The van der Waals surface area contributed by atoms with Crippen molar-refractivity contribution in [3.05, 3.63) is 70.8 Å². The number of carbonyl (C=O) groups is 5. The molecule has 9 heteroatoms. The number of aromatic carboxylic acids is 1. The Hall–Kier alpha value is -4.01. The minimum absolute atomic E-state index is 0.0529. The van der Waals surface area contributed by atoms with Crippen LogP contribution in [0.5, 0.6) is 0 Å². The highest BCUT2D eigenvalue weighted by atomic mass is 16.4. The molecule has 33 heavy (non-hydrogen) atoms. The number of nitrogens with zero attached hydrogens (tertiary/aromatic N) is 1. The van der Waals surface area contributed by atoms with Gasteiger partial charge in [-0.25, -0.2) is 4.79 Å². The third kappa shape index (κ3) is 5.82. The summed E-state index contributed by atoms with van der Waals surface area (Å²) in [4.78, 5) is 61.5. The molecule has 1 saturated heterocycles. The van der Waals surface area contributed by atoms with Gasteiger partial charge < -0.3 is 25.4 Å². The number of likely N-dealkylation sites (tertiary alicyclic amines) is 1. The summed E-state index contributed by atoms with van der Waals surface area (Å²) in [6, 6.07) is 12.2. The lowest BCUT2D eigenvalue weighted by atomic mass is 10.1. The predicted octanol–water partition coefficient (Wildman–Crippen LogP) is 1.27. The number of hydrogen-bond donors (Lipinski definition) is 3. The van der Waals surface area contributed by atoms with Gasteiger partial charge in [0, 0.05) is 18.7 Å². The number of aldehydes is 1. The molecule has 3 rings (SSSR count). The Labute approximate surface area is 190 Å².